The van der Waals surface area contributed by atoms with Crippen molar-refractivity contribution < 1.29 is 4.74 Å². The summed E-state index contributed by atoms with van der Waals surface area (Å²) in [7, 11) is 0. The zero-order chi connectivity index (χ0) is 12.3. The van der Waals surface area contributed by atoms with Gasteiger partial charge in [-0.2, -0.15) is 0 Å². The fourth-order valence-corrected chi connectivity index (χ4v) is 1.70. The Morgan fingerprint density at radius 2 is 2.29 bits per heavy atom. The molecule has 1 fully saturated rings. The minimum atomic E-state index is 0.543. The number of ether oxygens (including phenoxy) is 1. The predicted molar refractivity (Wildman–Crippen MR) is 71.8 cm³/mol. The van der Waals surface area contributed by atoms with Crippen molar-refractivity contribution in [3.63, 3.8) is 0 Å². The van der Waals surface area contributed by atoms with E-state index >= 15 is 0 Å². The first kappa shape index (κ1) is 12.5. The van der Waals surface area contributed by atoms with E-state index < -0.39 is 0 Å². The van der Waals surface area contributed by atoms with Crippen molar-refractivity contribution in [1.29, 1.82) is 0 Å². The standard InChI is InChI=1S/C14H18ClNO/c1-10(8-16-13-5-6-13)9-17-14-7-12(15)4-3-11(14)2/h3-4,7,13,16H,1,5-6,8-9H2,2H3. The molecule has 92 valence electrons. The maximum Gasteiger partial charge on any atom is 0.124 e. The Balaban J connectivity index is 1.79. The normalized spacial score (nSPS) is 14.7. The lowest BCUT2D eigenvalue weighted by molar-refractivity contribution is 0.346. The number of aryl methyl sites for hydroxylation is 1. The zero-order valence-electron chi connectivity index (χ0n) is 10.1. The number of benzene rings is 1. The second-order valence-corrected chi connectivity index (χ2v) is 5.04. The van der Waals surface area contributed by atoms with Gasteiger partial charge in [-0.1, -0.05) is 24.2 Å². The third-order valence-electron chi connectivity index (χ3n) is 2.80. The van der Waals surface area contributed by atoms with Gasteiger partial charge in [-0.3, -0.25) is 0 Å². The molecule has 2 nitrogen and oxygen atoms in total. The molecule has 1 aliphatic carbocycles. The van der Waals surface area contributed by atoms with Crippen LogP contribution in [0.5, 0.6) is 5.75 Å². The smallest absolute Gasteiger partial charge is 0.124 e. The summed E-state index contributed by atoms with van der Waals surface area (Å²) in [6.45, 7) is 7.39. The van der Waals surface area contributed by atoms with Crippen LogP contribution in [0.2, 0.25) is 5.02 Å². The highest BCUT2D eigenvalue weighted by atomic mass is 35.5. The maximum absolute atomic E-state index is 5.93. The Kier molecular flexibility index (Phi) is 4.08. The second kappa shape index (κ2) is 5.56. The van der Waals surface area contributed by atoms with Crippen LogP contribution >= 0.6 is 11.6 Å². The molecule has 0 atom stereocenters. The molecule has 1 aromatic carbocycles. The molecule has 0 bridgehead atoms. The summed E-state index contributed by atoms with van der Waals surface area (Å²) >= 11 is 5.93. The van der Waals surface area contributed by atoms with Crippen LogP contribution in [0.15, 0.2) is 30.4 Å². The Morgan fingerprint density at radius 1 is 1.53 bits per heavy atom. The molecule has 0 amide bonds. The highest BCUT2D eigenvalue weighted by molar-refractivity contribution is 6.30. The summed E-state index contributed by atoms with van der Waals surface area (Å²) in [5, 5.41) is 4.11. The molecule has 0 aliphatic heterocycles. The summed E-state index contributed by atoms with van der Waals surface area (Å²) in [5.41, 5.74) is 2.16. The van der Waals surface area contributed by atoms with Gasteiger partial charge in [0, 0.05) is 17.6 Å². The van der Waals surface area contributed by atoms with Gasteiger partial charge in [0.25, 0.3) is 0 Å². The first-order chi connectivity index (χ1) is 8.15. The molecule has 0 spiro atoms. The molecular formula is C14H18ClNO. The van der Waals surface area contributed by atoms with Gasteiger partial charge in [0.2, 0.25) is 0 Å². The first-order valence-electron chi connectivity index (χ1n) is 5.94. The predicted octanol–water partition coefficient (Wildman–Crippen LogP) is 3.34. The minimum Gasteiger partial charge on any atom is -0.489 e. The molecule has 2 rings (SSSR count). The fraction of sp³-hybridized carbons (Fsp3) is 0.429. The largest absolute Gasteiger partial charge is 0.489 e. The molecule has 17 heavy (non-hydrogen) atoms. The SMILES string of the molecule is C=C(CNC1CC1)COc1cc(Cl)ccc1C. The van der Waals surface area contributed by atoms with Crippen molar-refractivity contribution in [2.75, 3.05) is 13.2 Å². The van der Waals surface area contributed by atoms with Gasteiger partial charge in [0.05, 0.1) is 0 Å². The average molecular weight is 252 g/mol. The topological polar surface area (TPSA) is 21.3 Å². The molecule has 3 heteroatoms. The van der Waals surface area contributed by atoms with Crippen LogP contribution in [0.25, 0.3) is 0 Å². The van der Waals surface area contributed by atoms with Crippen LogP contribution < -0.4 is 10.1 Å². The molecule has 0 saturated heterocycles. The third-order valence-corrected chi connectivity index (χ3v) is 3.04. The van der Waals surface area contributed by atoms with E-state index in [-0.39, 0.29) is 0 Å². The molecule has 0 heterocycles. The van der Waals surface area contributed by atoms with Gasteiger partial charge in [-0.25, -0.2) is 0 Å². The summed E-state index contributed by atoms with van der Waals surface area (Å²) in [6.07, 6.45) is 2.59. The van der Waals surface area contributed by atoms with Gasteiger partial charge < -0.3 is 10.1 Å². The first-order valence-corrected chi connectivity index (χ1v) is 6.32. The number of rotatable bonds is 6. The van der Waals surface area contributed by atoms with Gasteiger partial charge in [0.15, 0.2) is 0 Å². The monoisotopic (exact) mass is 251 g/mol. The van der Waals surface area contributed by atoms with Crippen molar-refractivity contribution >= 4 is 11.6 Å². The van der Waals surface area contributed by atoms with Gasteiger partial charge >= 0.3 is 0 Å². The van der Waals surface area contributed by atoms with E-state index in [1.54, 1.807) is 0 Å². The van der Waals surface area contributed by atoms with Crippen LogP contribution in [-0.2, 0) is 0 Å². The van der Waals surface area contributed by atoms with Crippen LogP contribution in [0.3, 0.4) is 0 Å². The second-order valence-electron chi connectivity index (χ2n) is 4.60. The summed E-state index contributed by atoms with van der Waals surface area (Å²) in [4.78, 5) is 0. The highest BCUT2D eigenvalue weighted by Gasteiger charge is 2.20. The highest BCUT2D eigenvalue weighted by Crippen LogP contribution is 2.23. The quantitative estimate of drug-likeness (QED) is 0.783. The zero-order valence-corrected chi connectivity index (χ0v) is 10.9. The molecular weight excluding hydrogens is 234 g/mol. The van der Waals surface area contributed by atoms with Crippen LogP contribution in [-0.4, -0.2) is 19.2 Å². The van der Waals surface area contributed by atoms with Crippen LogP contribution in [0.1, 0.15) is 18.4 Å². The summed E-state index contributed by atoms with van der Waals surface area (Å²) in [5.74, 6) is 0.838. The Hall–Kier alpha value is -0.990. The van der Waals surface area contributed by atoms with Crippen molar-refractivity contribution in [2.45, 2.75) is 25.8 Å². The molecule has 0 aromatic heterocycles. The van der Waals surface area contributed by atoms with Crippen molar-refractivity contribution in [3.05, 3.63) is 40.9 Å². The lowest BCUT2D eigenvalue weighted by atomic mass is 10.2. The Bertz CT molecular complexity index is 413. The van der Waals surface area contributed by atoms with E-state index in [2.05, 4.69) is 11.9 Å². The van der Waals surface area contributed by atoms with E-state index in [0.29, 0.717) is 17.7 Å². The summed E-state index contributed by atoms with van der Waals surface area (Å²) in [6, 6.07) is 6.38. The minimum absolute atomic E-state index is 0.543. The van der Waals surface area contributed by atoms with E-state index in [9.17, 15) is 0 Å². The molecule has 1 aliphatic rings. The number of nitrogens with one attached hydrogen (secondary N) is 1. The van der Waals surface area contributed by atoms with Gasteiger partial charge in [-0.05, 0) is 43.0 Å². The molecule has 0 radical (unpaired) electrons. The van der Waals surface area contributed by atoms with E-state index in [0.717, 1.165) is 23.4 Å². The molecule has 0 unspecified atom stereocenters. The Morgan fingerprint density at radius 3 is 3.00 bits per heavy atom. The van der Waals surface area contributed by atoms with E-state index in [1.165, 1.54) is 12.8 Å². The number of halogens is 1. The number of hydrogen-bond acceptors (Lipinski definition) is 2. The lowest BCUT2D eigenvalue weighted by Gasteiger charge is -2.11. The van der Waals surface area contributed by atoms with Crippen molar-refractivity contribution in [3.8, 4) is 5.75 Å². The number of hydrogen-bond donors (Lipinski definition) is 1. The van der Waals surface area contributed by atoms with E-state index in [1.807, 2.05) is 25.1 Å². The molecule has 1 aromatic rings. The summed E-state index contributed by atoms with van der Waals surface area (Å²) < 4.78 is 5.71. The van der Waals surface area contributed by atoms with Crippen molar-refractivity contribution in [2.24, 2.45) is 0 Å². The lowest BCUT2D eigenvalue weighted by Crippen LogP contribution is -2.21. The van der Waals surface area contributed by atoms with Crippen LogP contribution in [0.4, 0.5) is 0 Å². The third kappa shape index (κ3) is 4.06. The Labute approximate surface area is 108 Å². The van der Waals surface area contributed by atoms with Crippen molar-refractivity contribution in [1.82, 2.24) is 5.32 Å². The fourth-order valence-electron chi connectivity index (χ4n) is 1.54. The van der Waals surface area contributed by atoms with E-state index in [4.69, 9.17) is 16.3 Å². The molecule has 1 saturated carbocycles. The maximum atomic E-state index is 5.93. The average Bonchev–Trinajstić information content (AvgIpc) is 3.11. The van der Waals surface area contributed by atoms with Gasteiger partial charge in [-0.15, -0.1) is 0 Å². The molecule has 1 N–H and O–H groups in total. The van der Waals surface area contributed by atoms with Crippen LogP contribution in [0, 0.1) is 6.92 Å². The van der Waals surface area contributed by atoms with Gasteiger partial charge in [0.1, 0.15) is 12.4 Å².